The number of hydrogen-bond acceptors (Lipinski definition) is 3. The number of nitrogens with one attached hydrogen (secondary N) is 1. The van der Waals surface area contributed by atoms with Gasteiger partial charge < -0.3 is 10.4 Å². The number of carbonyl (C=O) groups is 1. The molecule has 2 N–H and O–H groups in total. The Morgan fingerprint density at radius 1 is 1.40 bits per heavy atom. The van der Waals surface area contributed by atoms with E-state index in [9.17, 15) is 9.90 Å². The lowest BCUT2D eigenvalue weighted by atomic mass is 9.99. The van der Waals surface area contributed by atoms with E-state index in [4.69, 9.17) is 11.6 Å². The second kappa shape index (κ2) is 7.34. The number of rotatable bonds is 6. The lowest BCUT2D eigenvalue weighted by Gasteiger charge is -2.27. The van der Waals surface area contributed by atoms with Crippen molar-refractivity contribution in [2.24, 2.45) is 0 Å². The molecule has 0 bridgehead atoms. The van der Waals surface area contributed by atoms with Crippen LogP contribution in [0.2, 0.25) is 5.02 Å². The van der Waals surface area contributed by atoms with Crippen molar-refractivity contribution in [3.05, 3.63) is 34.9 Å². The van der Waals surface area contributed by atoms with Crippen LogP contribution in [-0.4, -0.2) is 28.9 Å². The van der Waals surface area contributed by atoms with Gasteiger partial charge >= 0.3 is 0 Å². The maximum absolute atomic E-state index is 12.0. The molecule has 1 aliphatic rings. The fraction of sp³-hybridized carbons (Fsp3) is 0.533. The molecule has 0 aliphatic heterocycles. The van der Waals surface area contributed by atoms with Crippen LogP contribution in [0.25, 0.3) is 0 Å². The highest BCUT2D eigenvalue weighted by Crippen LogP contribution is 2.29. The molecule has 1 saturated carbocycles. The summed E-state index contributed by atoms with van der Waals surface area (Å²) < 4.78 is 0. The van der Waals surface area contributed by atoms with Gasteiger partial charge in [0, 0.05) is 10.8 Å². The first kappa shape index (κ1) is 15.7. The minimum Gasteiger partial charge on any atom is -0.394 e. The van der Waals surface area contributed by atoms with Crippen LogP contribution in [0.3, 0.4) is 0 Å². The molecule has 1 aromatic rings. The largest absolute Gasteiger partial charge is 0.394 e. The van der Waals surface area contributed by atoms with Gasteiger partial charge in [-0.05, 0) is 30.5 Å². The normalized spacial score (nSPS) is 17.1. The predicted molar refractivity (Wildman–Crippen MR) is 84.0 cm³/mol. The molecule has 3 nitrogen and oxygen atoms in total. The molecule has 1 aliphatic carbocycles. The molecule has 0 radical (unpaired) electrons. The second-order valence-electron chi connectivity index (χ2n) is 5.32. The van der Waals surface area contributed by atoms with Crippen molar-refractivity contribution >= 4 is 29.3 Å². The Labute approximate surface area is 129 Å². The number of halogens is 1. The Bertz CT molecular complexity index is 461. The quantitative estimate of drug-likeness (QED) is 0.849. The number of benzene rings is 1. The minimum atomic E-state index is -0.367. The standard InChI is InChI=1S/C15H20ClNO2S/c16-13-5-3-4-12(8-13)9-20-10-14(19)17-15(11-18)6-1-2-7-15/h3-5,8,18H,1-2,6-7,9-11H2,(H,17,19). The average molecular weight is 314 g/mol. The molecular formula is C15H20ClNO2S. The van der Waals surface area contributed by atoms with E-state index in [1.165, 1.54) is 0 Å². The minimum absolute atomic E-state index is 0.00739. The molecule has 0 saturated heterocycles. The zero-order chi connectivity index (χ0) is 14.4. The fourth-order valence-corrected chi connectivity index (χ4v) is 3.58. The fourth-order valence-electron chi connectivity index (χ4n) is 2.59. The molecule has 0 unspecified atom stereocenters. The van der Waals surface area contributed by atoms with Crippen LogP contribution in [0.1, 0.15) is 31.2 Å². The lowest BCUT2D eigenvalue weighted by molar-refractivity contribution is -0.121. The van der Waals surface area contributed by atoms with E-state index < -0.39 is 0 Å². The van der Waals surface area contributed by atoms with Gasteiger partial charge in [-0.25, -0.2) is 0 Å². The first-order valence-electron chi connectivity index (χ1n) is 6.88. The molecule has 1 fully saturated rings. The third kappa shape index (κ3) is 4.40. The van der Waals surface area contributed by atoms with Crippen molar-refractivity contribution in [1.29, 1.82) is 0 Å². The lowest BCUT2D eigenvalue weighted by Crippen LogP contribution is -2.49. The summed E-state index contributed by atoms with van der Waals surface area (Å²) in [6.45, 7) is 0.0394. The van der Waals surface area contributed by atoms with Crippen LogP contribution in [-0.2, 0) is 10.5 Å². The van der Waals surface area contributed by atoms with Crippen molar-refractivity contribution < 1.29 is 9.90 Å². The third-order valence-electron chi connectivity index (χ3n) is 3.66. The van der Waals surface area contributed by atoms with E-state index in [1.54, 1.807) is 11.8 Å². The van der Waals surface area contributed by atoms with Crippen LogP contribution < -0.4 is 5.32 Å². The number of amides is 1. The van der Waals surface area contributed by atoms with Crippen LogP contribution in [0.5, 0.6) is 0 Å². The molecule has 20 heavy (non-hydrogen) atoms. The SMILES string of the molecule is O=C(CSCc1cccc(Cl)c1)NC1(CO)CCCC1. The van der Waals surface area contributed by atoms with E-state index in [2.05, 4.69) is 5.32 Å². The van der Waals surface area contributed by atoms with Gasteiger partial charge in [0.25, 0.3) is 0 Å². The van der Waals surface area contributed by atoms with Crippen molar-refractivity contribution in [2.45, 2.75) is 37.0 Å². The molecule has 2 rings (SSSR count). The molecule has 1 aromatic carbocycles. The molecule has 0 atom stereocenters. The van der Waals surface area contributed by atoms with Gasteiger partial charge in [-0.1, -0.05) is 36.6 Å². The maximum Gasteiger partial charge on any atom is 0.230 e. The van der Waals surface area contributed by atoms with Gasteiger partial charge in [0.1, 0.15) is 0 Å². The molecule has 1 amide bonds. The molecule has 0 heterocycles. The third-order valence-corrected chi connectivity index (χ3v) is 4.90. The highest BCUT2D eigenvalue weighted by molar-refractivity contribution is 7.99. The summed E-state index contributed by atoms with van der Waals surface area (Å²) in [5, 5.41) is 13.2. The molecule has 0 spiro atoms. The van der Waals surface area contributed by atoms with Crippen molar-refractivity contribution in [1.82, 2.24) is 5.32 Å². The monoisotopic (exact) mass is 313 g/mol. The summed E-state index contributed by atoms with van der Waals surface area (Å²) in [6, 6.07) is 7.67. The van der Waals surface area contributed by atoms with Gasteiger partial charge in [-0.3, -0.25) is 4.79 Å². The summed E-state index contributed by atoms with van der Waals surface area (Å²) in [6.07, 6.45) is 3.93. The number of aliphatic hydroxyl groups is 1. The van der Waals surface area contributed by atoms with Gasteiger partial charge in [0.15, 0.2) is 0 Å². The van der Waals surface area contributed by atoms with Gasteiger partial charge in [-0.2, -0.15) is 0 Å². The van der Waals surface area contributed by atoms with Crippen molar-refractivity contribution in [2.75, 3.05) is 12.4 Å². The smallest absolute Gasteiger partial charge is 0.230 e. The Morgan fingerprint density at radius 3 is 2.80 bits per heavy atom. The average Bonchev–Trinajstić information content (AvgIpc) is 2.88. The first-order valence-corrected chi connectivity index (χ1v) is 8.41. The van der Waals surface area contributed by atoms with Crippen molar-refractivity contribution in [3.63, 3.8) is 0 Å². The number of thioether (sulfide) groups is 1. The first-order chi connectivity index (χ1) is 9.63. The summed E-state index contributed by atoms with van der Waals surface area (Å²) in [4.78, 5) is 12.0. The summed E-state index contributed by atoms with van der Waals surface area (Å²) in [7, 11) is 0. The van der Waals surface area contributed by atoms with Crippen LogP contribution in [0.15, 0.2) is 24.3 Å². The highest BCUT2D eigenvalue weighted by Gasteiger charge is 2.34. The molecule has 5 heteroatoms. The van der Waals surface area contributed by atoms with E-state index in [-0.39, 0.29) is 18.1 Å². The molecular weight excluding hydrogens is 294 g/mol. The second-order valence-corrected chi connectivity index (χ2v) is 6.74. The van der Waals surface area contributed by atoms with Crippen LogP contribution >= 0.6 is 23.4 Å². The summed E-state index contributed by atoms with van der Waals surface area (Å²) >= 11 is 7.48. The Morgan fingerprint density at radius 2 is 2.15 bits per heavy atom. The Kier molecular flexibility index (Phi) is 5.75. The molecule has 110 valence electrons. The van der Waals surface area contributed by atoms with E-state index in [0.717, 1.165) is 42.0 Å². The highest BCUT2D eigenvalue weighted by atomic mass is 35.5. The maximum atomic E-state index is 12.0. The Balaban J connectivity index is 1.75. The number of carbonyl (C=O) groups excluding carboxylic acids is 1. The zero-order valence-electron chi connectivity index (χ0n) is 11.4. The van der Waals surface area contributed by atoms with Crippen LogP contribution in [0, 0.1) is 0 Å². The number of hydrogen-bond donors (Lipinski definition) is 2. The van der Waals surface area contributed by atoms with E-state index >= 15 is 0 Å². The van der Waals surface area contributed by atoms with E-state index in [1.807, 2.05) is 24.3 Å². The topological polar surface area (TPSA) is 49.3 Å². The van der Waals surface area contributed by atoms with Crippen molar-refractivity contribution in [3.8, 4) is 0 Å². The summed E-state index contributed by atoms with van der Waals surface area (Å²) in [5.74, 6) is 1.18. The Hall–Kier alpha value is -0.710. The van der Waals surface area contributed by atoms with Crippen LogP contribution in [0.4, 0.5) is 0 Å². The molecule has 0 aromatic heterocycles. The van der Waals surface area contributed by atoms with E-state index in [0.29, 0.717) is 5.75 Å². The summed E-state index contributed by atoms with van der Waals surface area (Å²) in [5.41, 5.74) is 0.751. The number of aliphatic hydroxyl groups excluding tert-OH is 1. The van der Waals surface area contributed by atoms with Gasteiger partial charge in [0.05, 0.1) is 17.9 Å². The van der Waals surface area contributed by atoms with Gasteiger partial charge in [0.2, 0.25) is 5.91 Å². The van der Waals surface area contributed by atoms with Gasteiger partial charge in [-0.15, -0.1) is 11.8 Å². The zero-order valence-corrected chi connectivity index (χ0v) is 13.0. The predicted octanol–water partition coefficient (Wildman–Crippen LogP) is 2.99.